The van der Waals surface area contributed by atoms with Gasteiger partial charge < -0.3 is 20.1 Å². The molecule has 0 fully saturated rings. The van der Waals surface area contributed by atoms with Gasteiger partial charge in [0.05, 0.1) is 0 Å². The Morgan fingerprint density at radius 2 is 1.62 bits per heavy atom. The Balaban J connectivity index is 2.02. The lowest BCUT2D eigenvalue weighted by Crippen LogP contribution is -2.18. The summed E-state index contributed by atoms with van der Waals surface area (Å²) in [5.41, 5.74) is 1.01. The van der Waals surface area contributed by atoms with Gasteiger partial charge in [-0.2, -0.15) is 0 Å². The first-order chi connectivity index (χ1) is 12.3. The molecule has 0 spiro atoms. The quantitative estimate of drug-likeness (QED) is 0.819. The molecule has 2 aromatic carbocycles. The summed E-state index contributed by atoms with van der Waals surface area (Å²) >= 11 is 0. The molecule has 0 bridgehead atoms. The molecular formula is C17H15F3N2O4. The zero-order valence-electron chi connectivity index (χ0n) is 13.6. The van der Waals surface area contributed by atoms with Gasteiger partial charge in [-0.1, -0.05) is 6.07 Å². The highest BCUT2D eigenvalue weighted by molar-refractivity contribution is 6.04. The number of hydrogen-bond donors (Lipinski definition) is 2. The Hall–Kier alpha value is -3.07. The van der Waals surface area contributed by atoms with E-state index in [9.17, 15) is 22.8 Å². The Kier molecular flexibility index (Phi) is 6.18. The normalized spacial score (nSPS) is 10.9. The SMILES string of the molecule is COCC(=O)Nc1cccc(NC(=O)c2ccc(OC(F)(F)F)cc2)c1. The van der Waals surface area contributed by atoms with Crippen molar-refractivity contribution >= 4 is 23.2 Å². The standard InChI is InChI=1S/C17H15F3N2O4/c1-25-10-15(23)21-12-3-2-4-13(9-12)22-16(24)11-5-7-14(8-6-11)26-17(18,19)20/h2-9H,10H2,1H3,(H,21,23)(H,22,24). The third kappa shape index (κ3) is 6.10. The predicted octanol–water partition coefficient (Wildman–Crippen LogP) is 3.42. The van der Waals surface area contributed by atoms with Gasteiger partial charge in [0.15, 0.2) is 0 Å². The minimum atomic E-state index is -4.79. The molecule has 2 amide bonds. The van der Waals surface area contributed by atoms with Crippen LogP contribution in [0, 0.1) is 0 Å². The highest BCUT2D eigenvalue weighted by atomic mass is 19.4. The summed E-state index contributed by atoms with van der Waals surface area (Å²) in [4.78, 5) is 23.6. The largest absolute Gasteiger partial charge is 0.573 e. The summed E-state index contributed by atoms with van der Waals surface area (Å²) in [6, 6.07) is 10.9. The van der Waals surface area contributed by atoms with Crippen LogP contribution in [0.25, 0.3) is 0 Å². The number of benzene rings is 2. The summed E-state index contributed by atoms with van der Waals surface area (Å²) in [6.07, 6.45) is -4.79. The molecule has 138 valence electrons. The van der Waals surface area contributed by atoms with Crippen molar-refractivity contribution in [1.29, 1.82) is 0 Å². The van der Waals surface area contributed by atoms with Crippen LogP contribution in [0.2, 0.25) is 0 Å². The van der Waals surface area contributed by atoms with E-state index in [-0.39, 0.29) is 18.1 Å². The second-order valence-corrected chi connectivity index (χ2v) is 5.09. The lowest BCUT2D eigenvalue weighted by molar-refractivity contribution is -0.274. The van der Waals surface area contributed by atoms with Crippen LogP contribution in [0.4, 0.5) is 24.5 Å². The van der Waals surface area contributed by atoms with Crippen molar-refractivity contribution in [3.8, 4) is 5.75 Å². The maximum atomic E-state index is 12.2. The number of rotatable bonds is 6. The van der Waals surface area contributed by atoms with E-state index in [1.54, 1.807) is 18.2 Å². The summed E-state index contributed by atoms with van der Waals surface area (Å²) in [6.45, 7) is -0.108. The maximum absolute atomic E-state index is 12.2. The molecule has 9 heteroatoms. The Morgan fingerprint density at radius 3 is 2.19 bits per heavy atom. The molecule has 6 nitrogen and oxygen atoms in total. The molecule has 0 heterocycles. The third-order valence-electron chi connectivity index (χ3n) is 3.03. The number of carbonyl (C=O) groups excluding carboxylic acids is 2. The molecule has 2 N–H and O–H groups in total. The maximum Gasteiger partial charge on any atom is 0.573 e. The molecular weight excluding hydrogens is 353 g/mol. The van der Waals surface area contributed by atoms with Crippen molar-refractivity contribution in [3.63, 3.8) is 0 Å². The zero-order chi connectivity index (χ0) is 19.2. The van der Waals surface area contributed by atoms with E-state index in [1.807, 2.05) is 0 Å². The van der Waals surface area contributed by atoms with Crippen molar-refractivity contribution in [1.82, 2.24) is 0 Å². The molecule has 0 aliphatic heterocycles. The van der Waals surface area contributed by atoms with Crippen molar-refractivity contribution in [2.75, 3.05) is 24.4 Å². The van der Waals surface area contributed by atoms with E-state index >= 15 is 0 Å². The Bertz CT molecular complexity index is 776. The fraction of sp³-hybridized carbons (Fsp3) is 0.176. The number of methoxy groups -OCH3 is 1. The number of amides is 2. The van der Waals surface area contributed by atoms with Crippen LogP contribution in [0.15, 0.2) is 48.5 Å². The van der Waals surface area contributed by atoms with Gasteiger partial charge in [-0.15, -0.1) is 13.2 Å². The molecule has 2 aromatic rings. The van der Waals surface area contributed by atoms with E-state index in [1.165, 1.54) is 25.3 Å². The van der Waals surface area contributed by atoms with Crippen LogP contribution in [-0.4, -0.2) is 31.9 Å². The summed E-state index contributed by atoms with van der Waals surface area (Å²) in [5, 5.41) is 5.17. The number of alkyl halides is 3. The monoisotopic (exact) mass is 368 g/mol. The average molecular weight is 368 g/mol. The van der Waals surface area contributed by atoms with E-state index < -0.39 is 18.0 Å². The van der Waals surface area contributed by atoms with Gasteiger partial charge >= 0.3 is 6.36 Å². The predicted molar refractivity (Wildman–Crippen MR) is 88.0 cm³/mol. The van der Waals surface area contributed by atoms with Crippen LogP contribution in [0.3, 0.4) is 0 Å². The summed E-state index contributed by atoms with van der Waals surface area (Å²) < 4.78 is 44.8. The second-order valence-electron chi connectivity index (χ2n) is 5.09. The fourth-order valence-corrected chi connectivity index (χ4v) is 2.01. The summed E-state index contributed by atoms with van der Waals surface area (Å²) in [7, 11) is 1.39. The van der Waals surface area contributed by atoms with Crippen LogP contribution in [0.1, 0.15) is 10.4 Å². The highest BCUT2D eigenvalue weighted by Crippen LogP contribution is 2.23. The molecule has 26 heavy (non-hydrogen) atoms. The lowest BCUT2D eigenvalue weighted by atomic mass is 10.2. The molecule has 0 aliphatic carbocycles. The van der Waals surface area contributed by atoms with Gasteiger partial charge in [0.2, 0.25) is 5.91 Å². The number of hydrogen-bond acceptors (Lipinski definition) is 4. The third-order valence-corrected chi connectivity index (χ3v) is 3.03. The Labute approximate surface area is 146 Å². The number of carbonyl (C=O) groups is 2. The van der Waals surface area contributed by atoms with Crippen molar-refractivity contribution in [3.05, 3.63) is 54.1 Å². The van der Waals surface area contributed by atoms with Crippen LogP contribution in [0.5, 0.6) is 5.75 Å². The highest BCUT2D eigenvalue weighted by Gasteiger charge is 2.31. The number of anilines is 2. The second kappa shape index (κ2) is 8.34. The Morgan fingerprint density at radius 1 is 1.00 bits per heavy atom. The van der Waals surface area contributed by atoms with Crippen LogP contribution >= 0.6 is 0 Å². The van der Waals surface area contributed by atoms with Gasteiger partial charge in [0.1, 0.15) is 12.4 Å². The van der Waals surface area contributed by atoms with Gasteiger partial charge in [-0.3, -0.25) is 9.59 Å². The fourth-order valence-electron chi connectivity index (χ4n) is 2.01. The molecule has 0 unspecified atom stereocenters. The van der Waals surface area contributed by atoms with Gasteiger partial charge in [-0.25, -0.2) is 0 Å². The molecule has 2 rings (SSSR count). The average Bonchev–Trinajstić information content (AvgIpc) is 2.54. The first-order valence-corrected chi connectivity index (χ1v) is 7.33. The minimum absolute atomic E-state index is 0.108. The van der Waals surface area contributed by atoms with E-state index in [0.717, 1.165) is 12.1 Å². The van der Waals surface area contributed by atoms with Gasteiger partial charge in [-0.05, 0) is 42.5 Å². The number of nitrogens with one attached hydrogen (secondary N) is 2. The van der Waals surface area contributed by atoms with E-state index in [2.05, 4.69) is 15.4 Å². The van der Waals surface area contributed by atoms with Crippen LogP contribution < -0.4 is 15.4 Å². The molecule has 0 saturated carbocycles. The molecule has 0 radical (unpaired) electrons. The molecule has 0 saturated heterocycles. The van der Waals surface area contributed by atoms with E-state index in [4.69, 9.17) is 4.74 Å². The van der Waals surface area contributed by atoms with Crippen molar-refractivity contribution in [2.45, 2.75) is 6.36 Å². The topological polar surface area (TPSA) is 76.7 Å². The first-order valence-electron chi connectivity index (χ1n) is 7.33. The molecule has 0 aromatic heterocycles. The van der Waals surface area contributed by atoms with Crippen LogP contribution in [-0.2, 0) is 9.53 Å². The number of ether oxygens (including phenoxy) is 2. The van der Waals surface area contributed by atoms with Crippen molar-refractivity contribution < 1.29 is 32.2 Å². The van der Waals surface area contributed by atoms with E-state index in [0.29, 0.717) is 11.4 Å². The molecule has 0 aliphatic rings. The molecule has 0 atom stereocenters. The smallest absolute Gasteiger partial charge is 0.406 e. The van der Waals surface area contributed by atoms with Gasteiger partial charge in [0, 0.05) is 24.0 Å². The summed E-state index contributed by atoms with van der Waals surface area (Å²) in [5.74, 6) is -1.29. The first kappa shape index (κ1) is 19.3. The lowest BCUT2D eigenvalue weighted by Gasteiger charge is -2.10. The van der Waals surface area contributed by atoms with Crippen molar-refractivity contribution in [2.24, 2.45) is 0 Å². The van der Waals surface area contributed by atoms with Gasteiger partial charge in [0.25, 0.3) is 5.91 Å². The minimum Gasteiger partial charge on any atom is -0.406 e. The zero-order valence-corrected chi connectivity index (χ0v) is 13.6. The number of halogens is 3.